The molecule has 0 saturated carbocycles. The van der Waals surface area contributed by atoms with Gasteiger partial charge in [0.2, 0.25) is 5.91 Å². The number of amides is 2. The Balaban J connectivity index is 1.88. The first-order valence-corrected chi connectivity index (χ1v) is 11.2. The predicted octanol–water partition coefficient (Wildman–Crippen LogP) is 2.69. The topological polar surface area (TPSA) is 107 Å². The Kier molecular flexibility index (Phi) is 8.07. The molecule has 3 heterocycles. The van der Waals surface area contributed by atoms with Gasteiger partial charge in [-0.1, -0.05) is 32.9 Å². The Hall–Kier alpha value is -2.94. The molecule has 33 heavy (non-hydrogen) atoms. The van der Waals surface area contributed by atoms with E-state index in [2.05, 4.69) is 10.3 Å². The minimum absolute atomic E-state index is 0.210. The highest BCUT2D eigenvalue weighted by molar-refractivity contribution is 5.91. The van der Waals surface area contributed by atoms with Gasteiger partial charge < -0.3 is 24.4 Å². The summed E-state index contributed by atoms with van der Waals surface area (Å²) >= 11 is 0. The number of esters is 1. The number of alkyl carbamates (subject to hydrolysis) is 1. The summed E-state index contributed by atoms with van der Waals surface area (Å²) in [6.07, 6.45) is 4.53. The summed E-state index contributed by atoms with van der Waals surface area (Å²) in [5, 5.41) is 2.70. The van der Waals surface area contributed by atoms with E-state index >= 15 is 0 Å². The molecule has 2 aliphatic heterocycles. The number of cyclic esters (lactones) is 1. The van der Waals surface area contributed by atoms with Crippen molar-refractivity contribution in [2.45, 2.75) is 64.8 Å². The lowest BCUT2D eigenvalue weighted by atomic mass is 9.85. The first kappa shape index (κ1) is 24.7. The minimum Gasteiger partial charge on any atom is -0.467 e. The van der Waals surface area contributed by atoms with Crippen molar-refractivity contribution in [2.75, 3.05) is 20.3 Å². The normalized spacial score (nSPS) is 25.9. The van der Waals surface area contributed by atoms with Crippen LogP contribution >= 0.6 is 0 Å². The number of hydrogen-bond donors (Lipinski definition) is 1. The van der Waals surface area contributed by atoms with Crippen LogP contribution < -0.4 is 5.32 Å². The Morgan fingerprint density at radius 2 is 2.06 bits per heavy atom. The van der Waals surface area contributed by atoms with Gasteiger partial charge in [-0.15, -0.1) is 0 Å². The van der Waals surface area contributed by atoms with Gasteiger partial charge >= 0.3 is 12.1 Å². The molecule has 2 aliphatic rings. The van der Waals surface area contributed by atoms with Crippen LogP contribution in [0, 0.1) is 5.41 Å². The molecule has 3 rings (SSSR count). The molecule has 1 aromatic rings. The number of fused-ring (bicyclic) bond motifs is 4. The second kappa shape index (κ2) is 10.8. The van der Waals surface area contributed by atoms with Gasteiger partial charge in [0.15, 0.2) is 0 Å². The van der Waals surface area contributed by atoms with Crippen LogP contribution in [0.4, 0.5) is 4.79 Å². The van der Waals surface area contributed by atoms with E-state index in [1.165, 1.54) is 12.0 Å². The monoisotopic (exact) mass is 459 g/mol. The number of nitrogens with one attached hydrogen (secondary N) is 1. The fourth-order valence-electron chi connectivity index (χ4n) is 3.94. The molecule has 1 aromatic heterocycles. The molecular formula is C24H33N3O6. The van der Waals surface area contributed by atoms with Crippen molar-refractivity contribution in [3.05, 3.63) is 35.7 Å². The molecule has 0 unspecified atom stereocenters. The van der Waals surface area contributed by atoms with Crippen molar-refractivity contribution in [1.29, 1.82) is 0 Å². The van der Waals surface area contributed by atoms with Gasteiger partial charge in [-0.2, -0.15) is 0 Å². The van der Waals surface area contributed by atoms with Crippen LogP contribution in [-0.2, 0) is 30.4 Å². The lowest BCUT2D eigenvalue weighted by Gasteiger charge is -2.34. The number of carbonyl (C=O) groups is 3. The summed E-state index contributed by atoms with van der Waals surface area (Å²) in [5.41, 5.74) is 0.962. The molecule has 0 aromatic carbocycles. The van der Waals surface area contributed by atoms with Crippen LogP contribution in [0.2, 0.25) is 0 Å². The van der Waals surface area contributed by atoms with Gasteiger partial charge in [0, 0.05) is 13.0 Å². The van der Waals surface area contributed by atoms with Crippen LogP contribution in [0.25, 0.3) is 6.08 Å². The van der Waals surface area contributed by atoms with Crippen LogP contribution in [0.15, 0.2) is 24.3 Å². The fourth-order valence-corrected chi connectivity index (χ4v) is 3.94. The molecule has 9 heteroatoms. The maximum atomic E-state index is 13.5. The zero-order valence-electron chi connectivity index (χ0n) is 19.7. The largest absolute Gasteiger partial charge is 0.467 e. The van der Waals surface area contributed by atoms with Gasteiger partial charge in [0.05, 0.1) is 37.8 Å². The van der Waals surface area contributed by atoms with Gasteiger partial charge in [0.1, 0.15) is 12.1 Å². The maximum Gasteiger partial charge on any atom is 0.407 e. The molecule has 9 nitrogen and oxygen atoms in total. The van der Waals surface area contributed by atoms with E-state index in [0.717, 1.165) is 11.4 Å². The van der Waals surface area contributed by atoms with Gasteiger partial charge in [0.25, 0.3) is 0 Å². The molecule has 1 fully saturated rings. The van der Waals surface area contributed by atoms with E-state index in [9.17, 15) is 14.4 Å². The molecule has 180 valence electrons. The van der Waals surface area contributed by atoms with E-state index < -0.39 is 29.6 Å². The lowest BCUT2D eigenvalue weighted by Crippen LogP contribution is -2.57. The summed E-state index contributed by atoms with van der Waals surface area (Å²) < 4.78 is 16.3. The Morgan fingerprint density at radius 3 is 2.79 bits per heavy atom. The van der Waals surface area contributed by atoms with E-state index in [1.54, 1.807) is 0 Å². The number of aromatic nitrogens is 1. The van der Waals surface area contributed by atoms with E-state index in [0.29, 0.717) is 19.3 Å². The van der Waals surface area contributed by atoms with E-state index in [-0.39, 0.29) is 31.8 Å². The first-order valence-electron chi connectivity index (χ1n) is 11.2. The molecular weight excluding hydrogens is 426 g/mol. The predicted molar refractivity (Wildman–Crippen MR) is 121 cm³/mol. The zero-order chi connectivity index (χ0) is 24.0. The second-order valence-electron chi connectivity index (χ2n) is 9.38. The highest BCUT2D eigenvalue weighted by Gasteiger charge is 2.46. The first-order chi connectivity index (χ1) is 15.7. The lowest BCUT2D eigenvalue weighted by molar-refractivity contribution is -0.152. The number of rotatable bonds is 1. The summed E-state index contributed by atoms with van der Waals surface area (Å²) in [4.78, 5) is 44.5. The van der Waals surface area contributed by atoms with Gasteiger partial charge in [-0.3, -0.25) is 9.78 Å². The van der Waals surface area contributed by atoms with E-state index in [4.69, 9.17) is 14.2 Å². The maximum absolute atomic E-state index is 13.5. The number of hydrogen-bond acceptors (Lipinski definition) is 7. The van der Waals surface area contributed by atoms with Gasteiger partial charge in [-0.25, -0.2) is 9.59 Å². The number of methoxy groups -OCH3 is 1. The third-order valence-electron chi connectivity index (χ3n) is 5.73. The molecule has 1 N–H and O–H groups in total. The summed E-state index contributed by atoms with van der Waals surface area (Å²) in [6.45, 7) is 6.24. The van der Waals surface area contributed by atoms with Crippen molar-refractivity contribution in [2.24, 2.45) is 5.41 Å². The average molecular weight is 460 g/mol. The number of pyridine rings is 1. The number of allylic oxidation sites excluding steroid dienone is 1. The third-order valence-corrected chi connectivity index (χ3v) is 5.73. The molecule has 0 radical (unpaired) electrons. The van der Waals surface area contributed by atoms with Crippen molar-refractivity contribution in [3.8, 4) is 0 Å². The minimum atomic E-state index is -0.881. The zero-order valence-corrected chi connectivity index (χ0v) is 19.7. The standard InChI is InChI=1S/C24H33N3O6/c1-24(2,3)20-21(28)27-14-18(13-19(27)22(29)31-4)33-15-17-11-8-10-16(25-17)9-6-5-7-12-32-23(30)26-20/h6,8-11,18-20H,5,7,12-15H2,1-4H3,(H,26,30)/b9-6+/t18-,19+,20-/m1/s1. The molecule has 0 aliphatic carbocycles. The summed E-state index contributed by atoms with van der Waals surface area (Å²) in [5.74, 6) is -0.883. The summed E-state index contributed by atoms with van der Waals surface area (Å²) in [6, 6.07) is 4.02. The van der Waals surface area contributed by atoms with Crippen molar-refractivity contribution < 1.29 is 28.6 Å². The summed E-state index contributed by atoms with van der Waals surface area (Å²) in [7, 11) is 1.29. The Bertz CT molecular complexity index is 894. The fraction of sp³-hybridized carbons (Fsp3) is 0.583. The SMILES string of the molecule is COC(=O)[C@@H]1C[C@@H]2CN1C(=O)[C@H](C(C)(C)C)NC(=O)OCCC/C=C/c1cccc(n1)CO2. The van der Waals surface area contributed by atoms with Crippen LogP contribution in [0.5, 0.6) is 0 Å². The number of nitrogens with zero attached hydrogens (tertiary/aromatic N) is 2. The number of carbonyl (C=O) groups excluding carboxylic acids is 3. The second-order valence-corrected chi connectivity index (χ2v) is 9.38. The average Bonchev–Trinajstić information content (AvgIpc) is 3.21. The molecule has 3 atom stereocenters. The van der Waals surface area contributed by atoms with Crippen molar-refractivity contribution in [3.63, 3.8) is 0 Å². The van der Waals surface area contributed by atoms with Crippen LogP contribution in [0.1, 0.15) is 51.4 Å². The number of ether oxygens (including phenoxy) is 3. The van der Waals surface area contributed by atoms with Crippen molar-refractivity contribution >= 4 is 24.0 Å². The van der Waals surface area contributed by atoms with Crippen LogP contribution in [0.3, 0.4) is 0 Å². The quantitative estimate of drug-likeness (QED) is 0.644. The Labute approximate surface area is 194 Å². The highest BCUT2D eigenvalue weighted by atomic mass is 16.5. The molecule has 2 amide bonds. The molecule has 4 bridgehead atoms. The smallest absolute Gasteiger partial charge is 0.407 e. The van der Waals surface area contributed by atoms with E-state index in [1.807, 2.05) is 51.1 Å². The van der Waals surface area contributed by atoms with Crippen LogP contribution in [-0.4, -0.2) is 66.3 Å². The third kappa shape index (κ3) is 6.54. The molecule has 1 saturated heterocycles. The Morgan fingerprint density at radius 1 is 1.27 bits per heavy atom. The highest BCUT2D eigenvalue weighted by Crippen LogP contribution is 2.28. The van der Waals surface area contributed by atoms with Gasteiger partial charge in [-0.05, 0) is 36.5 Å². The molecule has 0 spiro atoms. The van der Waals surface area contributed by atoms with Crippen molar-refractivity contribution in [1.82, 2.24) is 15.2 Å².